The Morgan fingerprint density at radius 3 is 2.64 bits per heavy atom. The van der Waals surface area contributed by atoms with E-state index in [9.17, 15) is 9.59 Å². The first-order valence-corrected chi connectivity index (χ1v) is 9.97. The van der Waals surface area contributed by atoms with E-state index in [1.807, 2.05) is 12.1 Å². The average Bonchev–Trinajstić information content (AvgIpc) is 3.36. The number of cyclic esters (lactones) is 1. The maximum atomic E-state index is 12.8. The lowest BCUT2D eigenvalue weighted by atomic mass is 9.78. The van der Waals surface area contributed by atoms with Crippen molar-refractivity contribution in [3.8, 4) is 0 Å². The highest BCUT2D eigenvalue weighted by molar-refractivity contribution is 5.97. The molecule has 1 N–H and O–H groups in total. The van der Waals surface area contributed by atoms with Crippen LogP contribution in [0.1, 0.15) is 47.2 Å². The van der Waals surface area contributed by atoms with Crippen molar-refractivity contribution in [1.82, 2.24) is 5.32 Å². The number of nitrogens with zero attached hydrogens (tertiary/aromatic N) is 1. The van der Waals surface area contributed by atoms with E-state index in [-0.39, 0.29) is 17.4 Å². The van der Waals surface area contributed by atoms with Crippen LogP contribution in [0.15, 0.2) is 48.5 Å². The summed E-state index contributed by atoms with van der Waals surface area (Å²) in [5.41, 5.74) is 3.84. The first kappa shape index (κ1) is 18.5. The Morgan fingerprint density at radius 2 is 1.93 bits per heavy atom. The van der Waals surface area contributed by atoms with Crippen molar-refractivity contribution in [3.63, 3.8) is 0 Å². The third-order valence-corrected chi connectivity index (χ3v) is 5.96. The maximum absolute atomic E-state index is 12.8. The lowest BCUT2D eigenvalue weighted by Crippen LogP contribution is -2.39. The number of nitrogens with one attached hydrogen (secondary N) is 1. The zero-order valence-corrected chi connectivity index (χ0v) is 16.2. The fourth-order valence-electron chi connectivity index (χ4n) is 4.39. The number of aryl methyl sites for hydroxylation is 1. The van der Waals surface area contributed by atoms with Crippen LogP contribution in [0.4, 0.5) is 10.5 Å². The molecule has 1 saturated heterocycles. The van der Waals surface area contributed by atoms with Gasteiger partial charge in [-0.2, -0.15) is 0 Å². The molecule has 0 atom stereocenters. The number of ether oxygens (including phenoxy) is 1. The topological polar surface area (TPSA) is 58.6 Å². The van der Waals surface area contributed by atoms with Crippen molar-refractivity contribution >= 4 is 17.7 Å². The van der Waals surface area contributed by atoms with Crippen molar-refractivity contribution in [2.75, 3.05) is 24.6 Å². The molecule has 2 aromatic carbocycles. The summed E-state index contributed by atoms with van der Waals surface area (Å²) in [4.78, 5) is 26.2. The molecule has 4 rings (SSSR count). The lowest BCUT2D eigenvalue weighted by Gasteiger charge is -2.30. The summed E-state index contributed by atoms with van der Waals surface area (Å²) < 4.78 is 4.99. The molecular formula is C23H26N2O3. The summed E-state index contributed by atoms with van der Waals surface area (Å²) in [6.45, 7) is 3.64. The fourth-order valence-corrected chi connectivity index (χ4v) is 4.39. The van der Waals surface area contributed by atoms with E-state index in [0.29, 0.717) is 30.9 Å². The van der Waals surface area contributed by atoms with Gasteiger partial charge in [0, 0.05) is 23.2 Å². The number of amides is 2. The van der Waals surface area contributed by atoms with Crippen LogP contribution in [0.2, 0.25) is 0 Å². The van der Waals surface area contributed by atoms with Gasteiger partial charge >= 0.3 is 6.09 Å². The first-order chi connectivity index (χ1) is 13.6. The van der Waals surface area contributed by atoms with Crippen LogP contribution in [0.3, 0.4) is 0 Å². The molecule has 5 nitrogen and oxygen atoms in total. The zero-order chi connectivity index (χ0) is 19.6. The van der Waals surface area contributed by atoms with Crippen LogP contribution in [0.25, 0.3) is 0 Å². The highest BCUT2D eigenvalue weighted by Crippen LogP contribution is 2.41. The predicted octanol–water partition coefficient (Wildman–Crippen LogP) is 4.19. The number of carbonyl (C=O) groups is 2. The largest absolute Gasteiger partial charge is 0.447 e. The van der Waals surface area contributed by atoms with E-state index >= 15 is 0 Å². The van der Waals surface area contributed by atoms with Gasteiger partial charge in [0.2, 0.25) is 0 Å². The second kappa shape index (κ2) is 7.66. The van der Waals surface area contributed by atoms with Gasteiger partial charge in [-0.1, -0.05) is 48.7 Å². The Morgan fingerprint density at radius 1 is 1.14 bits per heavy atom. The van der Waals surface area contributed by atoms with E-state index < -0.39 is 0 Å². The number of carbonyl (C=O) groups excluding carboxylic acids is 2. The van der Waals surface area contributed by atoms with Gasteiger partial charge in [-0.25, -0.2) is 4.79 Å². The second-order valence-corrected chi connectivity index (χ2v) is 7.86. The molecule has 1 aliphatic heterocycles. The molecule has 0 bridgehead atoms. The predicted molar refractivity (Wildman–Crippen MR) is 109 cm³/mol. The van der Waals surface area contributed by atoms with Gasteiger partial charge in [-0.05, 0) is 43.5 Å². The molecule has 28 heavy (non-hydrogen) atoms. The lowest BCUT2D eigenvalue weighted by molar-refractivity contribution is 0.0943. The Bertz CT molecular complexity index is 887. The summed E-state index contributed by atoms with van der Waals surface area (Å²) >= 11 is 0. The van der Waals surface area contributed by atoms with Gasteiger partial charge in [0.1, 0.15) is 6.61 Å². The second-order valence-electron chi connectivity index (χ2n) is 7.86. The monoisotopic (exact) mass is 378 g/mol. The molecule has 2 fully saturated rings. The number of hydrogen-bond acceptors (Lipinski definition) is 3. The summed E-state index contributed by atoms with van der Waals surface area (Å²) in [5.74, 6) is -0.103. The molecule has 1 heterocycles. The van der Waals surface area contributed by atoms with Crippen molar-refractivity contribution in [2.45, 2.75) is 38.0 Å². The van der Waals surface area contributed by atoms with Crippen LogP contribution in [0, 0.1) is 6.92 Å². The third-order valence-electron chi connectivity index (χ3n) is 5.96. The molecule has 0 radical (unpaired) electrons. The van der Waals surface area contributed by atoms with Gasteiger partial charge < -0.3 is 10.1 Å². The SMILES string of the molecule is Cc1cccc(C2(CNC(=O)c3cccc(N4CCOC4=O)c3)CCCC2)c1. The molecule has 2 aromatic rings. The molecule has 2 amide bonds. The molecule has 146 valence electrons. The number of anilines is 1. The number of benzene rings is 2. The van der Waals surface area contributed by atoms with Crippen molar-refractivity contribution in [1.29, 1.82) is 0 Å². The minimum absolute atomic E-state index is 0.0120. The highest BCUT2D eigenvalue weighted by atomic mass is 16.6. The smallest absolute Gasteiger partial charge is 0.414 e. The molecule has 0 aromatic heterocycles. The van der Waals surface area contributed by atoms with E-state index in [0.717, 1.165) is 12.8 Å². The Balaban J connectivity index is 1.49. The molecule has 5 heteroatoms. The highest BCUT2D eigenvalue weighted by Gasteiger charge is 2.36. The molecular weight excluding hydrogens is 352 g/mol. The van der Waals surface area contributed by atoms with Crippen LogP contribution in [-0.2, 0) is 10.2 Å². The zero-order valence-electron chi connectivity index (χ0n) is 16.2. The minimum atomic E-state index is -0.359. The van der Waals surface area contributed by atoms with Gasteiger partial charge in [0.25, 0.3) is 5.91 Å². The van der Waals surface area contributed by atoms with E-state index in [1.54, 1.807) is 17.0 Å². The van der Waals surface area contributed by atoms with Crippen LogP contribution in [0.5, 0.6) is 0 Å². The van der Waals surface area contributed by atoms with E-state index in [1.165, 1.54) is 24.0 Å². The number of rotatable bonds is 5. The van der Waals surface area contributed by atoms with Crippen LogP contribution >= 0.6 is 0 Å². The van der Waals surface area contributed by atoms with Gasteiger partial charge in [0.05, 0.1) is 6.54 Å². The number of hydrogen-bond donors (Lipinski definition) is 1. The molecule has 0 spiro atoms. The third kappa shape index (κ3) is 3.61. The summed E-state index contributed by atoms with van der Waals surface area (Å²) in [5, 5.41) is 3.16. The van der Waals surface area contributed by atoms with E-state index in [4.69, 9.17) is 4.74 Å². The Kier molecular flexibility index (Phi) is 5.07. The molecule has 2 aliphatic rings. The Labute approximate surface area is 165 Å². The van der Waals surface area contributed by atoms with Crippen molar-refractivity contribution < 1.29 is 14.3 Å². The Hall–Kier alpha value is -2.82. The quantitative estimate of drug-likeness (QED) is 0.849. The van der Waals surface area contributed by atoms with Crippen molar-refractivity contribution in [2.24, 2.45) is 0 Å². The fraction of sp³-hybridized carbons (Fsp3) is 0.391. The molecule has 1 aliphatic carbocycles. The molecule has 0 unspecified atom stereocenters. The normalized spacial score (nSPS) is 18.2. The van der Waals surface area contributed by atoms with Crippen LogP contribution in [-0.4, -0.2) is 31.7 Å². The minimum Gasteiger partial charge on any atom is -0.447 e. The molecule has 1 saturated carbocycles. The van der Waals surface area contributed by atoms with Gasteiger partial charge in [-0.15, -0.1) is 0 Å². The summed E-state index contributed by atoms with van der Waals surface area (Å²) in [7, 11) is 0. The average molecular weight is 378 g/mol. The van der Waals surface area contributed by atoms with Gasteiger partial charge in [0.15, 0.2) is 0 Å². The standard InChI is InChI=1S/C23H26N2O3/c1-17-6-4-8-19(14-17)23(10-2-3-11-23)16-24-21(26)18-7-5-9-20(15-18)25-12-13-28-22(25)27/h4-9,14-15H,2-3,10-13,16H2,1H3,(H,24,26). The van der Waals surface area contributed by atoms with E-state index in [2.05, 4.69) is 36.5 Å². The van der Waals surface area contributed by atoms with Crippen molar-refractivity contribution in [3.05, 3.63) is 65.2 Å². The maximum Gasteiger partial charge on any atom is 0.414 e. The summed E-state index contributed by atoms with van der Waals surface area (Å²) in [6.07, 6.45) is 4.21. The van der Waals surface area contributed by atoms with Gasteiger partial charge in [-0.3, -0.25) is 9.69 Å². The first-order valence-electron chi connectivity index (χ1n) is 9.97. The summed E-state index contributed by atoms with van der Waals surface area (Å²) in [6, 6.07) is 15.8. The van der Waals surface area contributed by atoms with Crippen LogP contribution < -0.4 is 10.2 Å².